The minimum absolute atomic E-state index is 0.0348. The van der Waals surface area contributed by atoms with Crippen molar-refractivity contribution in [2.45, 2.75) is 58.2 Å². The molecule has 1 aliphatic carbocycles. The fraction of sp³-hybridized carbons (Fsp3) is 0.643. The summed E-state index contributed by atoms with van der Waals surface area (Å²) in [6, 6.07) is 2.07. The monoisotopic (exact) mass is 278 g/mol. The van der Waals surface area contributed by atoms with Crippen LogP contribution in [0.25, 0.3) is 0 Å². The second kappa shape index (κ2) is 6.54. The van der Waals surface area contributed by atoms with Crippen molar-refractivity contribution in [3.63, 3.8) is 0 Å². The van der Waals surface area contributed by atoms with Crippen LogP contribution in [0.3, 0.4) is 0 Å². The van der Waals surface area contributed by atoms with Crippen molar-refractivity contribution >= 4 is 11.6 Å². The van der Waals surface area contributed by atoms with Crippen LogP contribution in [-0.2, 0) is 11.3 Å². The van der Waals surface area contributed by atoms with E-state index in [9.17, 15) is 9.59 Å². The number of rotatable bonds is 6. The highest BCUT2D eigenvalue weighted by molar-refractivity contribution is 5.75. The van der Waals surface area contributed by atoms with Gasteiger partial charge < -0.3 is 10.6 Å². The maximum Gasteiger partial charge on any atom is 0.269 e. The third kappa shape index (κ3) is 3.82. The first-order valence-electron chi connectivity index (χ1n) is 7.21. The maximum absolute atomic E-state index is 11.9. The Morgan fingerprint density at radius 2 is 2.30 bits per heavy atom. The lowest BCUT2D eigenvalue weighted by Gasteiger charge is -2.27. The van der Waals surface area contributed by atoms with Crippen LogP contribution in [0, 0.1) is 0 Å². The van der Waals surface area contributed by atoms with Gasteiger partial charge in [0, 0.05) is 18.2 Å². The molecule has 0 aromatic carbocycles. The highest BCUT2D eigenvalue weighted by Gasteiger charge is 2.17. The van der Waals surface area contributed by atoms with Gasteiger partial charge in [0.25, 0.3) is 5.56 Å². The molecule has 1 fully saturated rings. The number of aromatic nitrogens is 2. The minimum atomic E-state index is -0.256. The quantitative estimate of drug-likeness (QED) is 0.817. The van der Waals surface area contributed by atoms with Crippen molar-refractivity contribution in [1.82, 2.24) is 15.1 Å². The molecule has 2 N–H and O–H groups in total. The summed E-state index contributed by atoms with van der Waals surface area (Å²) in [5.74, 6) is -0.186. The molecule has 1 amide bonds. The van der Waals surface area contributed by atoms with Crippen molar-refractivity contribution in [3.05, 3.63) is 22.6 Å². The lowest BCUT2D eigenvalue weighted by molar-refractivity contribution is -0.122. The lowest BCUT2D eigenvalue weighted by Crippen LogP contribution is -2.38. The van der Waals surface area contributed by atoms with E-state index in [1.165, 1.54) is 17.2 Å². The summed E-state index contributed by atoms with van der Waals surface area (Å²) in [7, 11) is 0. The van der Waals surface area contributed by atoms with Crippen LogP contribution < -0.4 is 16.2 Å². The van der Waals surface area contributed by atoms with Gasteiger partial charge in [0.2, 0.25) is 5.91 Å². The fourth-order valence-corrected chi connectivity index (χ4v) is 1.98. The molecule has 0 radical (unpaired) electrons. The summed E-state index contributed by atoms with van der Waals surface area (Å²) in [6.45, 7) is 3.89. The lowest BCUT2D eigenvalue weighted by atomic mass is 9.93. The van der Waals surface area contributed by atoms with Gasteiger partial charge in [-0.2, -0.15) is 5.10 Å². The normalized spacial score (nSPS) is 16.3. The zero-order valence-electron chi connectivity index (χ0n) is 12.1. The number of anilines is 1. The van der Waals surface area contributed by atoms with Crippen molar-refractivity contribution in [1.29, 1.82) is 0 Å². The molecule has 6 heteroatoms. The Kier molecular flexibility index (Phi) is 4.76. The molecule has 1 atom stereocenters. The third-order valence-electron chi connectivity index (χ3n) is 3.66. The molecule has 2 rings (SSSR count). The minimum Gasteiger partial charge on any atom is -0.381 e. The van der Waals surface area contributed by atoms with Gasteiger partial charge in [0.15, 0.2) is 0 Å². The summed E-state index contributed by atoms with van der Waals surface area (Å²) in [6.07, 6.45) is 5.98. The van der Waals surface area contributed by atoms with Gasteiger partial charge in [0.05, 0.1) is 11.9 Å². The van der Waals surface area contributed by atoms with Gasteiger partial charge in [-0.1, -0.05) is 6.92 Å². The van der Waals surface area contributed by atoms with E-state index in [1.54, 1.807) is 6.20 Å². The van der Waals surface area contributed by atoms with Crippen LogP contribution in [0.1, 0.15) is 39.5 Å². The highest BCUT2D eigenvalue weighted by atomic mass is 16.2. The Bertz CT molecular complexity index is 522. The molecule has 1 heterocycles. The molecular formula is C14H22N4O2. The standard InChI is InChI=1S/C14H22N4O2/c1-3-10(2)16-13(19)9-18-14(20)7-12(8-15-18)17-11-5-4-6-11/h7-8,10-11,17H,3-6,9H2,1-2H3,(H,16,19). The van der Waals surface area contributed by atoms with Crippen LogP contribution in [-0.4, -0.2) is 27.8 Å². The van der Waals surface area contributed by atoms with E-state index in [0.29, 0.717) is 6.04 Å². The average molecular weight is 278 g/mol. The number of amides is 1. The zero-order chi connectivity index (χ0) is 14.5. The van der Waals surface area contributed by atoms with E-state index in [4.69, 9.17) is 0 Å². The summed E-state index contributed by atoms with van der Waals surface area (Å²) in [5.41, 5.74) is 0.479. The van der Waals surface area contributed by atoms with Gasteiger partial charge in [0.1, 0.15) is 6.54 Å². The van der Waals surface area contributed by atoms with Gasteiger partial charge in [-0.3, -0.25) is 9.59 Å². The molecule has 0 saturated heterocycles. The van der Waals surface area contributed by atoms with E-state index in [2.05, 4.69) is 15.7 Å². The average Bonchev–Trinajstić information content (AvgIpc) is 2.36. The molecule has 1 aliphatic rings. The van der Waals surface area contributed by atoms with Crippen LogP contribution >= 0.6 is 0 Å². The summed E-state index contributed by atoms with van der Waals surface area (Å²) in [4.78, 5) is 23.6. The number of carbonyl (C=O) groups excluding carboxylic acids is 1. The molecule has 6 nitrogen and oxygen atoms in total. The molecular weight excluding hydrogens is 256 g/mol. The van der Waals surface area contributed by atoms with Gasteiger partial charge in [-0.25, -0.2) is 4.68 Å². The van der Waals surface area contributed by atoms with Crippen LogP contribution in [0.15, 0.2) is 17.1 Å². The Hall–Kier alpha value is -1.85. The van der Waals surface area contributed by atoms with Gasteiger partial charge in [-0.15, -0.1) is 0 Å². The molecule has 110 valence electrons. The van der Waals surface area contributed by atoms with E-state index in [0.717, 1.165) is 24.9 Å². The SMILES string of the molecule is CCC(C)NC(=O)Cn1ncc(NC2CCC2)cc1=O. The first-order chi connectivity index (χ1) is 9.58. The van der Waals surface area contributed by atoms with Crippen LogP contribution in [0.5, 0.6) is 0 Å². The largest absolute Gasteiger partial charge is 0.381 e. The molecule has 20 heavy (non-hydrogen) atoms. The molecule has 0 bridgehead atoms. The predicted molar refractivity (Wildman–Crippen MR) is 77.7 cm³/mol. The summed E-state index contributed by atoms with van der Waals surface area (Å²) < 4.78 is 1.18. The van der Waals surface area contributed by atoms with Crippen LogP contribution in [0.2, 0.25) is 0 Å². The Balaban J connectivity index is 1.95. The second-order valence-electron chi connectivity index (χ2n) is 5.39. The molecule has 1 unspecified atom stereocenters. The topological polar surface area (TPSA) is 76.0 Å². The first kappa shape index (κ1) is 14.6. The predicted octanol–water partition coefficient (Wildman–Crippen LogP) is 1.12. The van der Waals surface area contributed by atoms with Gasteiger partial charge in [-0.05, 0) is 32.6 Å². The zero-order valence-corrected chi connectivity index (χ0v) is 12.1. The van der Waals surface area contributed by atoms with E-state index in [-0.39, 0.29) is 24.1 Å². The molecule has 1 aromatic rings. The van der Waals surface area contributed by atoms with Crippen molar-refractivity contribution in [2.75, 3.05) is 5.32 Å². The number of hydrogen-bond donors (Lipinski definition) is 2. The van der Waals surface area contributed by atoms with Crippen LogP contribution in [0.4, 0.5) is 5.69 Å². The fourth-order valence-electron chi connectivity index (χ4n) is 1.98. The van der Waals surface area contributed by atoms with Gasteiger partial charge >= 0.3 is 0 Å². The number of nitrogens with zero attached hydrogens (tertiary/aromatic N) is 2. The number of carbonyl (C=O) groups is 1. The third-order valence-corrected chi connectivity index (χ3v) is 3.66. The summed E-state index contributed by atoms with van der Waals surface area (Å²) in [5, 5.41) is 10.1. The van der Waals surface area contributed by atoms with E-state index in [1.807, 2.05) is 13.8 Å². The van der Waals surface area contributed by atoms with Crippen molar-refractivity contribution in [2.24, 2.45) is 0 Å². The molecule has 0 spiro atoms. The molecule has 1 saturated carbocycles. The van der Waals surface area contributed by atoms with Crippen molar-refractivity contribution < 1.29 is 4.79 Å². The number of nitrogens with one attached hydrogen (secondary N) is 2. The van der Waals surface area contributed by atoms with Crippen molar-refractivity contribution in [3.8, 4) is 0 Å². The smallest absolute Gasteiger partial charge is 0.269 e. The molecule has 1 aromatic heterocycles. The first-order valence-corrected chi connectivity index (χ1v) is 7.21. The summed E-state index contributed by atoms with van der Waals surface area (Å²) >= 11 is 0. The maximum atomic E-state index is 11.9. The van der Waals surface area contributed by atoms with E-state index >= 15 is 0 Å². The Morgan fingerprint density at radius 1 is 1.55 bits per heavy atom. The Labute approximate surface area is 118 Å². The Morgan fingerprint density at radius 3 is 2.85 bits per heavy atom. The second-order valence-corrected chi connectivity index (χ2v) is 5.39. The number of hydrogen-bond acceptors (Lipinski definition) is 4. The van der Waals surface area contributed by atoms with E-state index < -0.39 is 0 Å². The highest BCUT2D eigenvalue weighted by Crippen LogP contribution is 2.21. The molecule has 0 aliphatic heterocycles.